The average molecular weight is 298 g/mol. The van der Waals surface area contributed by atoms with E-state index in [1.54, 1.807) is 0 Å². The Labute approximate surface area is 126 Å². The molecule has 2 heterocycles. The van der Waals surface area contributed by atoms with Gasteiger partial charge in [0.25, 0.3) is 0 Å². The molecule has 2 aromatic heterocycles. The number of halogens is 1. The molecule has 20 heavy (non-hydrogen) atoms. The number of nitrogens with one attached hydrogen (secondary N) is 1. The summed E-state index contributed by atoms with van der Waals surface area (Å²) in [5, 5.41) is 12.1. The van der Waals surface area contributed by atoms with E-state index in [4.69, 9.17) is 0 Å². The summed E-state index contributed by atoms with van der Waals surface area (Å²) in [7, 11) is 0. The summed E-state index contributed by atoms with van der Waals surface area (Å²) in [5.74, 6) is 0. The van der Waals surface area contributed by atoms with Crippen molar-refractivity contribution in [3.05, 3.63) is 35.4 Å². The molecule has 0 aliphatic heterocycles. The third-order valence-corrected chi connectivity index (χ3v) is 3.36. The highest BCUT2D eigenvalue weighted by Crippen LogP contribution is 2.12. The fraction of sp³-hybridized carbons (Fsp3) is 0.571. The number of nitrogens with zero attached hydrogens (tertiary/aromatic N) is 4. The highest BCUT2D eigenvalue weighted by molar-refractivity contribution is 5.85. The molecule has 2 aromatic rings. The molecule has 0 aliphatic rings. The Kier molecular flexibility index (Phi) is 6.23. The van der Waals surface area contributed by atoms with E-state index in [9.17, 15) is 0 Å². The largest absolute Gasteiger partial charge is 0.307 e. The molecule has 2 rings (SSSR count). The smallest absolute Gasteiger partial charge is 0.0537 e. The Hall–Kier alpha value is -1.33. The normalized spacial score (nSPS) is 10.8. The minimum atomic E-state index is 0. The Bertz CT molecular complexity index is 529. The Balaban J connectivity index is 0.00000200. The van der Waals surface area contributed by atoms with Gasteiger partial charge in [0.15, 0.2) is 0 Å². The zero-order valence-electron chi connectivity index (χ0n) is 12.6. The summed E-state index contributed by atoms with van der Waals surface area (Å²) >= 11 is 0. The standard InChI is InChI=1S/C14H23N5.ClH/c1-5-18-14(6-7-16-18)10-15-8-13-9-17-19(11(2)3)12(13)4;/h6-7,9,11,15H,5,8,10H2,1-4H3;1H. The Morgan fingerprint density at radius 3 is 2.60 bits per heavy atom. The molecule has 5 nitrogen and oxygen atoms in total. The van der Waals surface area contributed by atoms with Crippen molar-refractivity contribution in [1.82, 2.24) is 24.9 Å². The van der Waals surface area contributed by atoms with Gasteiger partial charge in [0.1, 0.15) is 0 Å². The van der Waals surface area contributed by atoms with Crippen LogP contribution in [0.5, 0.6) is 0 Å². The molecule has 0 bridgehead atoms. The van der Waals surface area contributed by atoms with E-state index < -0.39 is 0 Å². The van der Waals surface area contributed by atoms with Gasteiger partial charge < -0.3 is 5.32 Å². The maximum atomic E-state index is 4.42. The van der Waals surface area contributed by atoms with E-state index in [1.807, 2.05) is 17.1 Å². The van der Waals surface area contributed by atoms with Crippen LogP contribution in [0, 0.1) is 6.92 Å². The quantitative estimate of drug-likeness (QED) is 0.892. The monoisotopic (exact) mass is 297 g/mol. The van der Waals surface area contributed by atoms with E-state index in [-0.39, 0.29) is 12.4 Å². The van der Waals surface area contributed by atoms with E-state index >= 15 is 0 Å². The van der Waals surface area contributed by atoms with Gasteiger partial charge >= 0.3 is 0 Å². The first-order valence-electron chi connectivity index (χ1n) is 6.87. The van der Waals surface area contributed by atoms with Crippen molar-refractivity contribution in [1.29, 1.82) is 0 Å². The first-order chi connectivity index (χ1) is 9.13. The molecule has 0 aliphatic carbocycles. The van der Waals surface area contributed by atoms with Crippen molar-refractivity contribution in [3.63, 3.8) is 0 Å². The van der Waals surface area contributed by atoms with Crippen molar-refractivity contribution in [2.45, 2.75) is 53.4 Å². The van der Waals surface area contributed by atoms with Crippen LogP contribution >= 0.6 is 12.4 Å². The summed E-state index contributed by atoms with van der Waals surface area (Å²) in [5.41, 5.74) is 3.72. The van der Waals surface area contributed by atoms with Crippen LogP contribution in [0.2, 0.25) is 0 Å². The Morgan fingerprint density at radius 1 is 1.25 bits per heavy atom. The molecule has 112 valence electrons. The molecule has 0 fully saturated rings. The fourth-order valence-corrected chi connectivity index (χ4v) is 2.27. The topological polar surface area (TPSA) is 47.7 Å². The zero-order valence-corrected chi connectivity index (χ0v) is 13.4. The minimum Gasteiger partial charge on any atom is -0.307 e. The van der Waals surface area contributed by atoms with Gasteiger partial charge in [0.2, 0.25) is 0 Å². The second-order valence-electron chi connectivity index (χ2n) is 5.04. The number of aromatic nitrogens is 4. The van der Waals surface area contributed by atoms with Crippen molar-refractivity contribution in [2.75, 3.05) is 0 Å². The number of aryl methyl sites for hydroxylation is 1. The van der Waals surface area contributed by atoms with Crippen LogP contribution in [-0.2, 0) is 19.6 Å². The summed E-state index contributed by atoms with van der Waals surface area (Å²) in [4.78, 5) is 0. The van der Waals surface area contributed by atoms with Gasteiger partial charge in [-0.2, -0.15) is 10.2 Å². The Morgan fingerprint density at radius 2 is 2.00 bits per heavy atom. The van der Waals surface area contributed by atoms with Gasteiger partial charge in [-0.1, -0.05) is 0 Å². The molecule has 6 heteroatoms. The molecule has 0 atom stereocenters. The van der Waals surface area contributed by atoms with Gasteiger partial charge in [-0.25, -0.2) is 0 Å². The second kappa shape index (κ2) is 7.45. The highest BCUT2D eigenvalue weighted by atomic mass is 35.5. The molecule has 0 saturated carbocycles. The predicted octanol–water partition coefficient (Wildman–Crippen LogP) is 2.70. The lowest BCUT2D eigenvalue weighted by atomic mass is 10.2. The molecule has 1 N–H and O–H groups in total. The molecular weight excluding hydrogens is 274 g/mol. The number of hydrogen-bond acceptors (Lipinski definition) is 3. The van der Waals surface area contributed by atoms with Gasteiger partial charge in [-0.3, -0.25) is 9.36 Å². The van der Waals surface area contributed by atoms with E-state index in [1.165, 1.54) is 17.0 Å². The van der Waals surface area contributed by atoms with Gasteiger partial charge in [-0.15, -0.1) is 12.4 Å². The highest BCUT2D eigenvalue weighted by Gasteiger charge is 2.08. The van der Waals surface area contributed by atoms with Crippen LogP contribution in [0.4, 0.5) is 0 Å². The van der Waals surface area contributed by atoms with Gasteiger partial charge in [0.05, 0.1) is 11.9 Å². The zero-order chi connectivity index (χ0) is 13.8. The number of hydrogen-bond donors (Lipinski definition) is 1. The van der Waals surface area contributed by atoms with Crippen LogP contribution in [-0.4, -0.2) is 19.6 Å². The molecule has 0 radical (unpaired) electrons. The predicted molar refractivity (Wildman–Crippen MR) is 83.0 cm³/mol. The summed E-state index contributed by atoms with van der Waals surface area (Å²) in [6.45, 7) is 11.1. The van der Waals surface area contributed by atoms with Crippen molar-refractivity contribution >= 4 is 12.4 Å². The third-order valence-electron chi connectivity index (χ3n) is 3.36. The van der Waals surface area contributed by atoms with E-state index in [2.05, 4.69) is 54.0 Å². The summed E-state index contributed by atoms with van der Waals surface area (Å²) in [6, 6.07) is 2.47. The molecule has 0 saturated heterocycles. The van der Waals surface area contributed by atoms with Crippen molar-refractivity contribution in [2.24, 2.45) is 0 Å². The third kappa shape index (κ3) is 3.61. The second-order valence-corrected chi connectivity index (χ2v) is 5.04. The van der Waals surface area contributed by atoms with Crippen LogP contribution in [0.25, 0.3) is 0 Å². The van der Waals surface area contributed by atoms with Crippen molar-refractivity contribution < 1.29 is 0 Å². The van der Waals surface area contributed by atoms with Crippen LogP contribution in [0.1, 0.15) is 43.8 Å². The summed E-state index contributed by atoms with van der Waals surface area (Å²) < 4.78 is 4.07. The van der Waals surface area contributed by atoms with Crippen molar-refractivity contribution in [3.8, 4) is 0 Å². The maximum absolute atomic E-state index is 4.42. The first kappa shape index (κ1) is 16.7. The summed E-state index contributed by atoms with van der Waals surface area (Å²) in [6.07, 6.45) is 3.81. The van der Waals surface area contributed by atoms with E-state index in [0.717, 1.165) is 19.6 Å². The minimum absolute atomic E-state index is 0. The molecule has 0 unspecified atom stereocenters. The SMILES string of the molecule is CCn1nccc1CNCc1cnn(C(C)C)c1C.Cl. The molecule has 0 aromatic carbocycles. The molecular formula is C14H24ClN5. The molecule has 0 amide bonds. The maximum Gasteiger partial charge on any atom is 0.0537 e. The molecule has 0 spiro atoms. The average Bonchev–Trinajstić information content (AvgIpc) is 2.97. The van der Waals surface area contributed by atoms with Gasteiger partial charge in [-0.05, 0) is 33.8 Å². The fourth-order valence-electron chi connectivity index (χ4n) is 2.27. The van der Waals surface area contributed by atoms with Gasteiger partial charge in [0, 0.05) is 43.1 Å². The lowest BCUT2D eigenvalue weighted by molar-refractivity contribution is 0.517. The van der Waals surface area contributed by atoms with Crippen LogP contribution in [0.3, 0.4) is 0 Å². The van der Waals surface area contributed by atoms with Crippen LogP contribution < -0.4 is 5.32 Å². The van der Waals surface area contributed by atoms with Crippen LogP contribution in [0.15, 0.2) is 18.5 Å². The lowest BCUT2D eigenvalue weighted by Crippen LogP contribution is -2.16. The first-order valence-corrected chi connectivity index (χ1v) is 6.87. The number of rotatable bonds is 6. The van der Waals surface area contributed by atoms with E-state index in [0.29, 0.717) is 6.04 Å². The lowest BCUT2D eigenvalue weighted by Gasteiger charge is -2.09.